The van der Waals surface area contributed by atoms with Crippen molar-refractivity contribution in [2.75, 3.05) is 11.9 Å². The van der Waals surface area contributed by atoms with Crippen molar-refractivity contribution in [3.8, 4) is 0 Å². The molecule has 2 aromatic rings. The van der Waals surface area contributed by atoms with Gasteiger partial charge in [0.15, 0.2) is 5.13 Å². The summed E-state index contributed by atoms with van der Waals surface area (Å²) in [5.41, 5.74) is 8.02. The smallest absolute Gasteiger partial charge is 0.184 e. The van der Waals surface area contributed by atoms with E-state index in [-0.39, 0.29) is 6.54 Å². The Labute approximate surface area is 147 Å². The molecule has 0 spiro atoms. The van der Waals surface area contributed by atoms with Gasteiger partial charge in [-0.05, 0) is 49.3 Å². The van der Waals surface area contributed by atoms with Gasteiger partial charge in [-0.25, -0.2) is 4.98 Å². The zero-order chi connectivity index (χ0) is 16.8. The molecule has 3 rings (SSSR count). The van der Waals surface area contributed by atoms with Crippen LogP contribution < -0.4 is 11.1 Å². The number of rotatable bonds is 5. The maximum atomic E-state index is 9.58. The number of thiazole rings is 1. The Morgan fingerprint density at radius 1 is 1.17 bits per heavy atom. The van der Waals surface area contributed by atoms with Crippen LogP contribution in [0.15, 0.2) is 29.9 Å². The minimum absolute atomic E-state index is 0.189. The molecule has 0 radical (unpaired) electrons. The highest BCUT2D eigenvalue weighted by Crippen LogP contribution is 2.37. The topological polar surface area (TPSA) is 84.1 Å². The summed E-state index contributed by atoms with van der Waals surface area (Å²) < 4.78 is 0. The van der Waals surface area contributed by atoms with Gasteiger partial charge in [-0.1, -0.05) is 12.8 Å². The van der Waals surface area contributed by atoms with Gasteiger partial charge in [0.2, 0.25) is 0 Å². The van der Waals surface area contributed by atoms with E-state index in [4.69, 9.17) is 5.73 Å². The lowest BCUT2D eigenvalue weighted by molar-refractivity contribution is 0.212. The molecular weight excluding hydrogens is 320 g/mol. The van der Waals surface area contributed by atoms with Gasteiger partial charge in [0.25, 0.3) is 0 Å². The normalized spacial score (nSPS) is 23.2. The minimum atomic E-state index is -0.720. The van der Waals surface area contributed by atoms with Gasteiger partial charge in [0, 0.05) is 30.2 Å². The fourth-order valence-electron chi connectivity index (χ4n) is 3.52. The van der Waals surface area contributed by atoms with E-state index in [0.29, 0.717) is 11.8 Å². The number of nitrogens with one attached hydrogen (secondary N) is 1. The SMILES string of the molecule is NCC(O)Nc1nc(C2CCCC(c3ccncc3)CCC2)cs1. The number of nitrogens with zero attached hydrogens (tertiary/aromatic N) is 2. The second kappa shape index (κ2) is 8.55. The molecule has 1 aliphatic carbocycles. The predicted octanol–water partition coefficient (Wildman–Crippen LogP) is 3.45. The standard InChI is InChI=1S/C18H26N4OS/c19-11-17(23)22-18-21-16(12-24-18)15-5-1-3-13(4-2-6-15)14-7-9-20-10-8-14/h7-10,12-13,15,17,23H,1-6,11,19H2,(H,21,22). The maximum Gasteiger partial charge on any atom is 0.184 e. The molecule has 1 aliphatic rings. The van der Waals surface area contributed by atoms with Gasteiger partial charge >= 0.3 is 0 Å². The molecule has 1 atom stereocenters. The Hall–Kier alpha value is -1.50. The summed E-state index contributed by atoms with van der Waals surface area (Å²) in [6, 6.07) is 4.32. The maximum absolute atomic E-state index is 9.58. The number of aliphatic hydroxyl groups excluding tert-OH is 1. The number of aromatic nitrogens is 2. The van der Waals surface area contributed by atoms with E-state index < -0.39 is 6.23 Å². The third-order valence-electron chi connectivity index (χ3n) is 4.84. The Morgan fingerprint density at radius 3 is 2.50 bits per heavy atom. The molecule has 1 unspecified atom stereocenters. The van der Waals surface area contributed by atoms with E-state index in [2.05, 4.69) is 32.8 Å². The average Bonchev–Trinajstić information content (AvgIpc) is 3.03. The summed E-state index contributed by atoms with van der Waals surface area (Å²) in [7, 11) is 0. The molecule has 0 amide bonds. The Kier molecular flexibility index (Phi) is 6.18. The van der Waals surface area contributed by atoms with Gasteiger partial charge in [-0.2, -0.15) is 0 Å². The number of hydrogen-bond acceptors (Lipinski definition) is 6. The first-order valence-electron chi connectivity index (χ1n) is 8.76. The molecule has 1 saturated carbocycles. The molecule has 4 N–H and O–H groups in total. The molecule has 0 aromatic carbocycles. The van der Waals surface area contributed by atoms with E-state index in [1.54, 1.807) is 11.3 Å². The molecule has 5 nitrogen and oxygen atoms in total. The summed E-state index contributed by atoms with van der Waals surface area (Å²) in [6.45, 7) is 0.189. The Bertz CT molecular complexity index is 608. The number of hydrogen-bond donors (Lipinski definition) is 3. The summed E-state index contributed by atoms with van der Waals surface area (Å²) in [5.74, 6) is 1.20. The van der Waals surface area contributed by atoms with Gasteiger partial charge in [0.05, 0.1) is 5.69 Å². The largest absolute Gasteiger partial charge is 0.372 e. The first kappa shape index (κ1) is 17.3. The quantitative estimate of drug-likeness (QED) is 0.722. The van der Waals surface area contributed by atoms with Crippen LogP contribution in [0.3, 0.4) is 0 Å². The lowest BCUT2D eigenvalue weighted by Gasteiger charge is -2.24. The van der Waals surface area contributed by atoms with Crippen molar-refractivity contribution < 1.29 is 5.11 Å². The van der Waals surface area contributed by atoms with Crippen molar-refractivity contribution in [1.82, 2.24) is 9.97 Å². The number of nitrogens with two attached hydrogens (primary N) is 1. The Balaban J connectivity index is 1.57. The fourth-order valence-corrected chi connectivity index (χ4v) is 4.36. The van der Waals surface area contributed by atoms with Crippen molar-refractivity contribution in [2.24, 2.45) is 5.73 Å². The molecule has 0 saturated heterocycles. The van der Waals surface area contributed by atoms with Crippen molar-refractivity contribution in [3.63, 3.8) is 0 Å². The first-order valence-corrected chi connectivity index (χ1v) is 9.64. The van der Waals surface area contributed by atoms with E-state index >= 15 is 0 Å². The van der Waals surface area contributed by atoms with Crippen LogP contribution in [0.1, 0.15) is 61.6 Å². The van der Waals surface area contributed by atoms with E-state index in [1.807, 2.05) is 12.4 Å². The summed E-state index contributed by atoms with van der Waals surface area (Å²) in [4.78, 5) is 8.78. The van der Waals surface area contributed by atoms with Gasteiger partial charge in [-0.15, -0.1) is 11.3 Å². The monoisotopic (exact) mass is 346 g/mol. The summed E-state index contributed by atoms with van der Waals surface area (Å²) >= 11 is 1.55. The molecule has 24 heavy (non-hydrogen) atoms. The van der Waals surface area contributed by atoms with E-state index in [9.17, 15) is 5.11 Å². The molecule has 2 aromatic heterocycles. The molecule has 1 fully saturated rings. The van der Waals surface area contributed by atoms with Gasteiger partial charge in [-0.3, -0.25) is 4.98 Å². The van der Waals surface area contributed by atoms with Crippen molar-refractivity contribution in [1.29, 1.82) is 0 Å². The van der Waals surface area contributed by atoms with Gasteiger partial charge < -0.3 is 16.2 Å². The molecule has 0 bridgehead atoms. The zero-order valence-corrected chi connectivity index (χ0v) is 14.7. The molecular formula is C18H26N4OS. The average molecular weight is 347 g/mol. The van der Waals surface area contributed by atoms with Crippen molar-refractivity contribution >= 4 is 16.5 Å². The lowest BCUT2D eigenvalue weighted by atomic mass is 9.82. The van der Waals surface area contributed by atoms with Crippen LogP contribution >= 0.6 is 11.3 Å². The molecule has 6 heteroatoms. The number of anilines is 1. The van der Waals surface area contributed by atoms with Crippen LogP contribution in [-0.4, -0.2) is 27.8 Å². The number of pyridine rings is 1. The third kappa shape index (κ3) is 4.53. The summed E-state index contributed by atoms with van der Waals surface area (Å²) in [6.07, 6.45) is 10.4. The summed E-state index contributed by atoms with van der Waals surface area (Å²) in [5, 5.41) is 15.4. The van der Waals surface area contributed by atoms with Crippen molar-refractivity contribution in [3.05, 3.63) is 41.2 Å². The second-order valence-corrected chi connectivity index (χ2v) is 7.37. The van der Waals surface area contributed by atoms with E-state index in [0.717, 1.165) is 10.8 Å². The molecule has 130 valence electrons. The highest BCUT2D eigenvalue weighted by Gasteiger charge is 2.21. The predicted molar refractivity (Wildman–Crippen MR) is 98.2 cm³/mol. The zero-order valence-electron chi connectivity index (χ0n) is 13.9. The first-order chi connectivity index (χ1) is 11.8. The van der Waals surface area contributed by atoms with Crippen LogP contribution in [0.25, 0.3) is 0 Å². The van der Waals surface area contributed by atoms with Crippen LogP contribution in [-0.2, 0) is 0 Å². The second-order valence-electron chi connectivity index (χ2n) is 6.51. The third-order valence-corrected chi connectivity index (χ3v) is 5.63. The van der Waals surface area contributed by atoms with Crippen LogP contribution in [0.2, 0.25) is 0 Å². The fraction of sp³-hybridized carbons (Fsp3) is 0.556. The lowest BCUT2D eigenvalue weighted by Crippen LogP contribution is -2.27. The number of aliphatic hydroxyl groups is 1. The van der Waals surface area contributed by atoms with Crippen LogP contribution in [0.4, 0.5) is 5.13 Å². The van der Waals surface area contributed by atoms with Crippen LogP contribution in [0.5, 0.6) is 0 Å². The van der Waals surface area contributed by atoms with Gasteiger partial charge in [0.1, 0.15) is 6.23 Å². The minimum Gasteiger partial charge on any atom is -0.372 e. The highest BCUT2D eigenvalue weighted by atomic mass is 32.1. The molecule has 0 aliphatic heterocycles. The Morgan fingerprint density at radius 2 is 1.83 bits per heavy atom. The van der Waals surface area contributed by atoms with Crippen LogP contribution in [0, 0.1) is 0 Å². The van der Waals surface area contributed by atoms with Crippen molar-refractivity contribution in [2.45, 2.75) is 56.6 Å². The highest BCUT2D eigenvalue weighted by molar-refractivity contribution is 7.13. The van der Waals surface area contributed by atoms with E-state index in [1.165, 1.54) is 44.1 Å². The molecule has 2 heterocycles.